The number of hydrogen-bond donors (Lipinski definition) is 1. The van der Waals surface area contributed by atoms with Crippen molar-refractivity contribution in [2.45, 2.75) is 44.6 Å². The maximum Gasteiger partial charge on any atom is 0.246 e. The van der Waals surface area contributed by atoms with Crippen LogP contribution >= 0.6 is 0 Å². The molecule has 1 heterocycles. The number of amides is 2. The highest BCUT2D eigenvalue weighted by atomic mass is 19.1. The zero-order valence-electron chi connectivity index (χ0n) is 18.4. The average Bonchev–Trinajstić information content (AvgIpc) is 3.35. The maximum absolute atomic E-state index is 13.5. The van der Waals surface area contributed by atoms with Gasteiger partial charge in [0.25, 0.3) is 0 Å². The highest BCUT2D eigenvalue weighted by molar-refractivity contribution is 5.94. The molecule has 0 saturated heterocycles. The summed E-state index contributed by atoms with van der Waals surface area (Å²) >= 11 is 0. The van der Waals surface area contributed by atoms with Crippen LogP contribution in [-0.4, -0.2) is 38.9 Å². The zero-order chi connectivity index (χ0) is 22.8. The summed E-state index contributed by atoms with van der Waals surface area (Å²) in [6, 6.07) is 15.9. The van der Waals surface area contributed by atoms with E-state index < -0.39 is 0 Å². The highest BCUT2D eigenvalue weighted by Crippen LogP contribution is 2.33. The highest BCUT2D eigenvalue weighted by Gasteiger charge is 2.37. The number of anilines is 1. The predicted molar refractivity (Wildman–Crippen MR) is 124 cm³/mol. The average molecular weight is 447 g/mol. The Hall–Kier alpha value is -3.48. The molecule has 7 heteroatoms. The van der Waals surface area contributed by atoms with E-state index in [0.717, 1.165) is 44.1 Å². The van der Waals surface area contributed by atoms with Crippen LogP contribution in [0.4, 0.5) is 10.3 Å². The number of benzene rings is 2. The molecule has 2 fully saturated rings. The van der Waals surface area contributed by atoms with Crippen molar-refractivity contribution in [1.29, 1.82) is 0 Å². The number of aromatic nitrogens is 2. The molecule has 6 nitrogen and oxygen atoms in total. The van der Waals surface area contributed by atoms with Gasteiger partial charge in [0.2, 0.25) is 17.8 Å². The Morgan fingerprint density at radius 2 is 1.70 bits per heavy atom. The summed E-state index contributed by atoms with van der Waals surface area (Å²) in [5, 5.41) is 2.90. The second kappa shape index (κ2) is 9.17. The lowest BCUT2D eigenvalue weighted by molar-refractivity contribution is -0.138. The molecule has 2 amide bonds. The minimum atomic E-state index is -0.335. The Morgan fingerprint density at radius 1 is 1.00 bits per heavy atom. The summed E-state index contributed by atoms with van der Waals surface area (Å²) < 4.78 is 15.2. The van der Waals surface area contributed by atoms with Gasteiger partial charge in [-0.25, -0.2) is 9.37 Å². The van der Waals surface area contributed by atoms with Crippen LogP contribution in [0, 0.1) is 11.7 Å². The van der Waals surface area contributed by atoms with Crippen molar-refractivity contribution in [2.75, 3.05) is 11.9 Å². The van der Waals surface area contributed by atoms with Crippen molar-refractivity contribution in [3.8, 4) is 16.9 Å². The van der Waals surface area contributed by atoms with Gasteiger partial charge in [0.05, 0.1) is 5.69 Å². The summed E-state index contributed by atoms with van der Waals surface area (Å²) in [5.74, 6) is -0.115. The second-order valence-corrected chi connectivity index (χ2v) is 8.89. The Kier molecular flexibility index (Phi) is 5.94. The molecule has 0 atom stereocenters. The topological polar surface area (TPSA) is 67.2 Å². The Balaban J connectivity index is 1.39. The minimum absolute atomic E-state index is 0.0248. The molecule has 2 aliphatic carbocycles. The van der Waals surface area contributed by atoms with Crippen LogP contribution in [0.3, 0.4) is 0 Å². The van der Waals surface area contributed by atoms with Crippen molar-refractivity contribution in [2.24, 2.45) is 5.92 Å². The number of carbonyl (C=O) groups is 2. The largest absolute Gasteiger partial charge is 0.330 e. The second-order valence-electron chi connectivity index (χ2n) is 8.89. The monoisotopic (exact) mass is 446 g/mol. The first-order valence-corrected chi connectivity index (χ1v) is 11.6. The zero-order valence-corrected chi connectivity index (χ0v) is 18.4. The van der Waals surface area contributed by atoms with Crippen molar-refractivity contribution in [1.82, 2.24) is 14.5 Å². The van der Waals surface area contributed by atoms with E-state index in [9.17, 15) is 14.0 Å². The molecule has 33 heavy (non-hydrogen) atoms. The van der Waals surface area contributed by atoms with Crippen molar-refractivity contribution < 1.29 is 14.0 Å². The first-order chi connectivity index (χ1) is 16.1. The molecule has 2 aliphatic rings. The minimum Gasteiger partial charge on any atom is -0.330 e. The fourth-order valence-electron chi connectivity index (χ4n) is 4.51. The molecular weight excluding hydrogens is 419 g/mol. The Morgan fingerprint density at radius 3 is 2.36 bits per heavy atom. The van der Waals surface area contributed by atoms with E-state index in [1.54, 1.807) is 21.6 Å². The van der Waals surface area contributed by atoms with Crippen molar-refractivity contribution >= 4 is 17.8 Å². The van der Waals surface area contributed by atoms with E-state index in [4.69, 9.17) is 0 Å². The molecule has 5 rings (SSSR count). The van der Waals surface area contributed by atoms with Gasteiger partial charge in [-0.3, -0.25) is 19.5 Å². The third-order valence-electron chi connectivity index (χ3n) is 6.42. The number of halogens is 1. The van der Waals surface area contributed by atoms with Crippen LogP contribution in [0.2, 0.25) is 0 Å². The number of nitrogens with one attached hydrogen (secondary N) is 1. The molecule has 1 aromatic heterocycles. The van der Waals surface area contributed by atoms with Crippen LogP contribution in [0.1, 0.15) is 38.5 Å². The molecule has 3 aromatic rings. The molecule has 2 saturated carbocycles. The van der Waals surface area contributed by atoms with Crippen molar-refractivity contribution in [3.05, 3.63) is 66.6 Å². The quantitative estimate of drug-likeness (QED) is 0.567. The summed E-state index contributed by atoms with van der Waals surface area (Å²) in [6.07, 6.45) is 7.72. The number of imidazole rings is 1. The lowest BCUT2D eigenvalue weighted by atomic mass is 10.1. The van der Waals surface area contributed by atoms with Gasteiger partial charge in [-0.2, -0.15) is 0 Å². The summed E-state index contributed by atoms with van der Waals surface area (Å²) in [6.45, 7) is 0.0248. The fourth-order valence-corrected chi connectivity index (χ4v) is 4.51. The number of hydrogen-bond acceptors (Lipinski definition) is 3. The molecule has 0 aliphatic heterocycles. The Bertz CT molecular complexity index is 1130. The first-order valence-electron chi connectivity index (χ1n) is 11.6. The van der Waals surface area contributed by atoms with Gasteiger partial charge in [0, 0.05) is 29.4 Å². The van der Waals surface area contributed by atoms with Crippen LogP contribution in [0.25, 0.3) is 16.9 Å². The number of nitrogens with zero attached hydrogens (tertiary/aromatic N) is 3. The molecule has 0 spiro atoms. The van der Waals surface area contributed by atoms with E-state index in [1.165, 1.54) is 12.1 Å². The van der Waals surface area contributed by atoms with Gasteiger partial charge in [0.1, 0.15) is 12.4 Å². The number of carbonyl (C=O) groups excluding carboxylic acids is 2. The SMILES string of the molecule is O=C(CN(C(=O)C1CCCC1)C1CC1)Nc1nc(-c2ccccc2)cn1-c1ccc(F)cc1. The maximum atomic E-state index is 13.5. The summed E-state index contributed by atoms with van der Waals surface area (Å²) in [4.78, 5) is 32.5. The smallest absolute Gasteiger partial charge is 0.246 e. The lowest BCUT2D eigenvalue weighted by Crippen LogP contribution is -2.42. The normalized spacial score (nSPS) is 16.0. The van der Waals surface area contributed by atoms with Crippen molar-refractivity contribution in [3.63, 3.8) is 0 Å². The van der Waals surface area contributed by atoms with E-state index in [-0.39, 0.29) is 36.1 Å². The van der Waals surface area contributed by atoms with Crippen LogP contribution in [-0.2, 0) is 9.59 Å². The predicted octanol–water partition coefficient (Wildman–Crippen LogP) is 4.80. The molecular formula is C26H27FN4O2. The molecule has 2 aromatic carbocycles. The number of rotatable bonds is 7. The standard InChI is InChI=1S/C26H27FN4O2/c27-20-10-12-22(13-11-20)31-16-23(18-6-2-1-3-7-18)28-26(31)29-24(32)17-30(21-14-15-21)25(33)19-8-4-5-9-19/h1-3,6-7,10-13,16,19,21H,4-5,8-9,14-15,17H2,(H,28,29,32). The third-order valence-corrected chi connectivity index (χ3v) is 6.42. The van der Waals surface area contributed by atoms with Crippen LogP contribution in [0.5, 0.6) is 0 Å². The van der Waals surface area contributed by atoms with E-state index >= 15 is 0 Å². The fraction of sp³-hybridized carbons (Fsp3) is 0.346. The van der Waals surface area contributed by atoms with Gasteiger partial charge < -0.3 is 4.90 Å². The van der Waals surface area contributed by atoms with E-state index in [1.807, 2.05) is 36.5 Å². The third kappa shape index (κ3) is 4.82. The molecule has 0 bridgehead atoms. The summed E-state index contributed by atoms with van der Waals surface area (Å²) in [5.41, 5.74) is 2.28. The van der Waals surface area contributed by atoms with Crippen LogP contribution < -0.4 is 5.32 Å². The summed E-state index contributed by atoms with van der Waals surface area (Å²) in [7, 11) is 0. The molecule has 1 N–H and O–H groups in total. The molecule has 170 valence electrons. The van der Waals surface area contributed by atoms with Gasteiger partial charge in [-0.1, -0.05) is 43.2 Å². The first kappa shape index (κ1) is 21.4. The van der Waals surface area contributed by atoms with Gasteiger partial charge in [-0.05, 0) is 49.9 Å². The van der Waals surface area contributed by atoms with Gasteiger partial charge in [0.15, 0.2) is 0 Å². The molecule has 0 unspecified atom stereocenters. The van der Waals surface area contributed by atoms with Crippen LogP contribution in [0.15, 0.2) is 60.8 Å². The molecule has 0 radical (unpaired) electrons. The van der Waals surface area contributed by atoms with Gasteiger partial charge >= 0.3 is 0 Å². The van der Waals surface area contributed by atoms with E-state index in [2.05, 4.69) is 10.3 Å². The Labute approximate surface area is 192 Å². The van der Waals surface area contributed by atoms with Gasteiger partial charge in [-0.15, -0.1) is 0 Å². The lowest BCUT2D eigenvalue weighted by Gasteiger charge is -2.25. The van der Waals surface area contributed by atoms with E-state index in [0.29, 0.717) is 17.3 Å².